The van der Waals surface area contributed by atoms with Gasteiger partial charge >= 0.3 is 6.18 Å². The molecule has 0 aliphatic carbocycles. The Morgan fingerprint density at radius 1 is 1.09 bits per heavy atom. The Kier molecular flexibility index (Phi) is 7.23. The Balaban J connectivity index is 1.68. The lowest BCUT2D eigenvalue weighted by molar-refractivity contribution is -0.137. The fourth-order valence-electron chi connectivity index (χ4n) is 3.00. The monoisotopic (exact) mass is 477 g/mol. The fourth-order valence-corrected chi connectivity index (χ4v) is 3.23. The molecule has 33 heavy (non-hydrogen) atoms. The van der Waals surface area contributed by atoms with Crippen LogP contribution in [-0.2, 0) is 17.4 Å². The smallest absolute Gasteiger partial charge is 0.417 e. The number of carbonyl (C=O) groups excluding carboxylic acids is 2. The van der Waals surface area contributed by atoms with Crippen molar-refractivity contribution in [3.8, 4) is 11.5 Å². The normalized spacial score (nSPS) is 11.1. The highest BCUT2D eigenvalue weighted by molar-refractivity contribution is 6.31. The summed E-state index contributed by atoms with van der Waals surface area (Å²) in [6.45, 7) is 1.78. The van der Waals surface area contributed by atoms with Crippen molar-refractivity contribution in [2.24, 2.45) is 0 Å². The standard InChI is InChI=1S/C23H19ClF3N3O3/c1-13-9-14(3-6-20(13)33-16-7-8-29-19(12-16)22(32)28-2)10-21(31)30-15-4-5-18(24)17(11-15)23(25,26)27/h3-9,11-12H,10H2,1-2H3,(H,28,32)(H,30,31). The first kappa shape index (κ1) is 24.1. The van der Waals surface area contributed by atoms with Crippen LogP contribution in [0.2, 0.25) is 5.02 Å². The fraction of sp³-hybridized carbons (Fsp3) is 0.174. The van der Waals surface area contributed by atoms with Crippen LogP contribution in [0.1, 0.15) is 27.2 Å². The quantitative estimate of drug-likeness (QED) is 0.498. The van der Waals surface area contributed by atoms with Crippen molar-refractivity contribution in [2.75, 3.05) is 12.4 Å². The topological polar surface area (TPSA) is 80.3 Å². The molecule has 0 bridgehead atoms. The number of nitrogens with one attached hydrogen (secondary N) is 2. The minimum Gasteiger partial charge on any atom is -0.457 e. The number of rotatable bonds is 6. The second-order valence-electron chi connectivity index (χ2n) is 7.08. The summed E-state index contributed by atoms with van der Waals surface area (Å²) in [5.41, 5.74) is 0.553. The van der Waals surface area contributed by atoms with Crippen molar-refractivity contribution in [1.82, 2.24) is 10.3 Å². The number of pyridine rings is 1. The number of aromatic nitrogens is 1. The summed E-state index contributed by atoms with van der Waals surface area (Å²) >= 11 is 5.60. The maximum Gasteiger partial charge on any atom is 0.417 e. The number of hydrogen-bond acceptors (Lipinski definition) is 4. The molecular weight excluding hydrogens is 459 g/mol. The molecule has 0 unspecified atom stereocenters. The van der Waals surface area contributed by atoms with E-state index in [4.69, 9.17) is 16.3 Å². The Morgan fingerprint density at radius 2 is 1.85 bits per heavy atom. The number of halogens is 4. The van der Waals surface area contributed by atoms with Crippen molar-refractivity contribution >= 4 is 29.1 Å². The Hall–Kier alpha value is -3.59. The number of alkyl halides is 3. The number of nitrogens with zero attached hydrogens (tertiary/aromatic N) is 1. The third-order valence-corrected chi connectivity index (χ3v) is 4.91. The van der Waals surface area contributed by atoms with Gasteiger partial charge in [0, 0.05) is 25.0 Å². The van der Waals surface area contributed by atoms with Crippen LogP contribution in [-0.4, -0.2) is 23.8 Å². The molecule has 2 aromatic carbocycles. The first-order valence-corrected chi connectivity index (χ1v) is 10.1. The van der Waals surface area contributed by atoms with Gasteiger partial charge in [-0.3, -0.25) is 14.6 Å². The van der Waals surface area contributed by atoms with Crippen LogP contribution >= 0.6 is 11.6 Å². The van der Waals surface area contributed by atoms with Crippen LogP contribution in [0.5, 0.6) is 11.5 Å². The van der Waals surface area contributed by atoms with Gasteiger partial charge in [0.15, 0.2) is 0 Å². The SMILES string of the molecule is CNC(=O)c1cc(Oc2ccc(CC(=O)Nc3ccc(Cl)c(C(F)(F)F)c3)cc2C)ccn1. The molecule has 0 radical (unpaired) electrons. The molecule has 1 heterocycles. The number of hydrogen-bond donors (Lipinski definition) is 2. The second-order valence-corrected chi connectivity index (χ2v) is 7.48. The summed E-state index contributed by atoms with van der Waals surface area (Å²) in [5, 5.41) is 4.49. The molecular formula is C23H19ClF3N3O3. The van der Waals surface area contributed by atoms with Gasteiger partial charge in [0.1, 0.15) is 17.2 Å². The van der Waals surface area contributed by atoms with Crippen molar-refractivity contribution in [3.05, 3.63) is 82.1 Å². The Labute approximate surface area is 192 Å². The predicted molar refractivity (Wildman–Crippen MR) is 118 cm³/mol. The molecule has 0 aliphatic rings. The van der Waals surface area contributed by atoms with Gasteiger partial charge in [-0.2, -0.15) is 13.2 Å². The van der Waals surface area contributed by atoms with E-state index >= 15 is 0 Å². The van der Waals surface area contributed by atoms with E-state index in [0.29, 0.717) is 17.1 Å². The van der Waals surface area contributed by atoms with Gasteiger partial charge in [-0.1, -0.05) is 23.7 Å². The maximum absolute atomic E-state index is 13.0. The van der Waals surface area contributed by atoms with E-state index in [0.717, 1.165) is 17.7 Å². The van der Waals surface area contributed by atoms with Gasteiger partial charge in [0.25, 0.3) is 5.91 Å². The van der Waals surface area contributed by atoms with E-state index < -0.39 is 22.7 Å². The van der Waals surface area contributed by atoms with Gasteiger partial charge in [0.05, 0.1) is 17.0 Å². The van der Waals surface area contributed by atoms with E-state index in [9.17, 15) is 22.8 Å². The molecule has 0 saturated carbocycles. The molecule has 3 aromatic rings. The number of anilines is 1. The molecule has 1 aromatic heterocycles. The number of aryl methyl sites for hydroxylation is 1. The molecule has 0 saturated heterocycles. The van der Waals surface area contributed by atoms with Crippen LogP contribution in [0.4, 0.5) is 18.9 Å². The third kappa shape index (κ3) is 6.23. The molecule has 172 valence electrons. The Morgan fingerprint density at radius 3 is 2.52 bits per heavy atom. The molecule has 0 atom stereocenters. The van der Waals surface area contributed by atoms with Crippen molar-refractivity contribution < 1.29 is 27.5 Å². The minimum atomic E-state index is -4.62. The van der Waals surface area contributed by atoms with Gasteiger partial charge in [-0.25, -0.2) is 0 Å². The van der Waals surface area contributed by atoms with E-state index in [1.165, 1.54) is 25.4 Å². The summed E-state index contributed by atoms with van der Waals surface area (Å²) in [7, 11) is 1.50. The lowest BCUT2D eigenvalue weighted by atomic mass is 10.1. The summed E-state index contributed by atoms with van der Waals surface area (Å²) in [4.78, 5) is 28.0. The van der Waals surface area contributed by atoms with Crippen LogP contribution in [0.25, 0.3) is 0 Å². The zero-order valence-corrected chi connectivity index (χ0v) is 18.3. The maximum atomic E-state index is 13.0. The zero-order valence-electron chi connectivity index (χ0n) is 17.6. The molecule has 2 amide bonds. The third-order valence-electron chi connectivity index (χ3n) is 4.58. The lowest BCUT2D eigenvalue weighted by Crippen LogP contribution is -2.18. The average molecular weight is 478 g/mol. The van der Waals surface area contributed by atoms with Crippen LogP contribution in [0.3, 0.4) is 0 Å². The van der Waals surface area contributed by atoms with Gasteiger partial charge in [-0.15, -0.1) is 0 Å². The van der Waals surface area contributed by atoms with Crippen molar-refractivity contribution in [3.63, 3.8) is 0 Å². The van der Waals surface area contributed by atoms with Crippen LogP contribution in [0.15, 0.2) is 54.7 Å². The van der Waals surface area contributed by atoms with E-state index in [-0.39, 0.29) is 23.7 Å². The minimum absolute atomic E-state index is 0.00184. The molecule has 0 aliphatic heterocycles. The van der Waals surface area contributed by atoms with Crippen molar-refractivity contribution in [1.29, 1.82) is 0 Å². The summed E-state index contributed by atoms with van der Waals surface area (Å²) < 4.78 is 44.8. The van der Waals surface area contributed by atoms with Crippen LogP contribution < -0.4 is 15.4 Å². The average Bonchev–Trinajstić information content (AvgIpc) is 2.76. The van der Waals surface area contributed by atoms with Gasteiger partial charge in [0.2, 0.25) is 5.91 Å². The predicted octanol–water partition coefficient (Wildman–Crippen LogP) is 5.40. The number of amides is 2. The second kappa shape index (κ2) is 9.91. The van der Waals surface area contributed by atoms with E-state index in [1.807, 2.05) is 0 Å². The van der Waals surface area contributed by atoms with Crippen LogP contribution in [0, 0.1) is 6.92 Å². The summed E-state index contributed by atoms with van der Waals surface area (Å²) in [6, 6.07) is 11.4. The first-order valence-electron chi connectivity index (χ1n) is 9.69. The molecule has 2 N–H and O–H groups in total. The van der Waals surface area contributed by atoms with E-state index in [1.54, 1.807) is 31.2 Å². The Bertz CT molecular complexity index is 1200. The number of ether oxygens (including phenoxy) is 1. The zero-order chi connectivity index (χ0) is 24.2. The molecule has 6 nitrogen and oxygen atoms in total. The highest BCUT2D eigenvalue weighted by Gasteiger charge is 2.33. The highest BCUT2D eigenvalue weighted by atomic mass is 35.5. The summed E-state index contributed by atoms with van der Waals surface area (Å²) in [6.07, 6.45) is -3.23. The first-order chi connectivity index (χ1) is 15.6. The largest absolute Gasteiger partial charge is 0.457 e. The number of carbonyl (C=O) groups is 2. The summed E-state index contributed by atoms with van der Waals surface area (Å²) in [5.74, 6) is 0.102. The highest BCUT2D eigenvalue weighted by Crippen LogP contribution is 2.36. The van der Waals surface area contributed by atoms with Gasteiger partial charge < -0.3 is 15.4 Å². The molecule has 0 spiro atoms. The van der Waals surface area contributed by atoms with E-state index in [2.05, 4.69) is 15.6 Å². The van der Waals surface area contributed by atoms with Gasteiger partial charge in [-0.05, 0) is 48.4 Å². The van der Waals surface area contributed by atoms with Crippen molar-refractivity contribution in [2.45, 2.75) is 19.5 Å². The molecule has 3 rings (SSSR count). The molecule has 10 heteroatoms. The lowest BCUT2D eigenvalue weighted by Gasteiger charge is -2.13. The molecule has 0 fully saturated rings. The number of benzene rings is 2.